The summed E-state index contributed by atoms with van der Waals surface area (Å²) in [7, 11) is -4.09. The highest BCUT2D eigenvalue weighted by Gasteiger charge is 2.27. The molecule has 3 aromatic carbocycles. The van der Waals surface area contributed by atoms with Gasteiger partial charge in [-0.2, -0.15) is 0 Å². The SMILES string of the molecule is CCOC(=O)c1ccc(NC(=O)CN(c2ccc(Cl)c(Cl)c2)S(=O)(=O)c2ccccc2)cc1. The average Bonchev–Trinajstić information content (AvgIpc) is 2.80. The fraction of sp³-hybridized carbons (Fsp3) is 0.130. The molecule has 3 rings (SSSR count). The zero-order valence-electron chi connectivity index (χ0n) is 17.5. The van der Waals surface area contributed by atoms with Gasteiger partial charge in [-0.1, -0.05) is 41.4 Å². The van der Waals surface area contributed by atoms with E-state index in [0.717, 1.165) is 4.31 Å². The maximum Gasteiger partial charge on any atom is 0.338 e. The Balaban J connectivity index is 1.86. The minimum atomic E-state index is -4.09. The molecule has 10 heteroatoms. The van der Waals surface area contributed by atoms with Crippen LogP contribution in [-0.2, 0) is 19.6 Å². The summed E-state index contributed by atoms with van der Waals surface area (Å²) in [6, 6.07) is 18.1. The molecule has 33 heavy (non-hydrogen) atoms. The van der Waals surface area contributed by atoms with Gasteiger partial charge in [0, 0.05) is 5.69 Å². The molecule has 0 saturated heterocycles. The van der Waals surface area contributed by atoms with Crippen LogP contribution in [0.1, 0.15) is 17.3 Å². The monoisotopic (exact) mass is 506 g/mol. The topological polar surface area (TPSA) is 92.8 Å². The fourth-order valence-electron chi connectivity index (χ4n) is 2.91. The molecule has 0 heterocycles. The van der Waals surface area contributed by atoms with E-state index in [1.54, 1.807) is 25.1 Å². The van der Waals surface area contributed by atoms with Gasteiger partial charge in [0.2, 0.25) is 5.91 Å². The number of amides is 1. The summed E-state index contributed by atoms with van der Waals surface area (Å²) in [5, 5.41) is 3.04. The number of halogens is 2. The predicted octanol–water partition coefficient (Wildman–Crippen LogP) is 5.00. The van der Waals surface area contributed by atoms with Crippen molar-refractivity contribution in [3.05, 3.63) is 88.4 Å². The van der Waals surface area contributed by atoms with Crippen LogP contribution >= 0.6 is 23.2 Å². The van der Waals surface area contributed by atoms with E-state index in [1.165, 1.54) is 54.6 Å². The standard InChI is InChI=1S/C23H20Cl2N2O5S/c1-2-32-23(29)16-8-10-17(11-9-16)26-22(28)15-27(18-12-13-20(24)21(25)14-18)33(30,31)19-6-4-3-5-7-19/h3-14H,2,15H2,1H3,(H,26,28). The average molecular weight is 507 g/mol. The van der Waals surface area contributed by atoms with Crippen molar-refractivity contribution in [2.75, 3.05) is 22.8 Å². The third kappa shape index (κ3) is 6.04. The van der Waals surface area contributed by atoms with Gasteiger partial charge in [-0.25, -0.2) is 13.2 Å². The first-order valence-electron chi connectivity index (χ1n) is 9.82. The molecule has 0 bridgehead atoms. The number of hydrogen-bond donors (Lipinski definition) is 1. The lowest BCUT2D eigenvalue weighted by Crippen LogP contribution is -2.38. The van der Waals surface area contributed by atoms with Gasteiger partial charge in [-0.15, -0.1) is 0 Å². The van der Waals surface area contributed by atoms with Crippen LogP contribution < -0.4 is 9.62 Å². The molecule has 0 unspecified atom stereocenters. The van der Waals surface area contributed by atoms with Crippen molar-refractivity contribution in [2.24, 2.45) is 0 Å². The lowest BCUT2D eigenvalue weighted by Gasteiger charge is -2.24. The third-order valence-corrected chi connectivity index (χ3v) is 7.02. The van der Waals surface area contributed by atoms with Crippen LogP contribution in [0, 0.1) is 0 Å². The normalized spacial score (nSPS) is 11.0. The van der Waals surface area contributed by atoms with Crippen LogP contribution in [0.5, 0.6) is 0 Å². The minimum absolute atomic E-state index is 0.0164. The molecule has 0 radical (unpaired) electrons. The molecule has 0 aliphatic carbocycles. The molecule has 0 saturated carbocycles. The molecule has 0 fully saturated rings. The Hall–Kier alpha value is -3.07. The van der Waals surface area contributed by atoms with Gasteiger partial charge in [-0.3, -0.25) is 9.10 Å². The first-order valence-corrected chi connectivity index (χ1v) is 12.0. The molecular formula is C23H20Cl2N2O5S. The Labute approximate surface area is 201 Å². The Kier molecular flexibility index (Phi) is 7.97. The van der Waals surface area contributed by atoms with Crippen LogP contribution in [0.3, 0.4) is 0 Å². The number of ether oxygens (including phenoxy) is 1. The molecule has 3 aromatic rings. The van der Waals surface area contributed by atoms with Crippen LogP contribution in [0.15, 0.2) is 77.7 Å². The molecule has 172 valence electrons. The first-order chi connectivity index (χ1) is 15.7. The van der Waals surface area contributed by atoms with Gasteiger partial charge in [0.1, 0.15) is 6.54 Å². The third-order valence-electron chi connectivity index (χ3n) is 4.49. The number of benzene rings is 3. The summed E-state index contributed by atoms with van der Waals surface area (Å²) in [4.78, 5) is 24.6. The van der Waals surface area contributed by atoms with Gasteiger partial charge in [0.25, 0.3) is 10.0 Å². The number of carbonyl (C=O) groups is 2. The highest BCUT2D eigenvalue weighted by Crippen LogP contribution is 2.30. The number of anilines is 2. The summed E-state index contributed by atoms with van der Waals surface area (Å²) in [6.07, 6.45) is 0. The number of esters is 1. The number of nitrogens with one attached hydrogen (secondary N) is 1. The van der Waals surface area contributed by atoms with E-state index >= 15 is 0 Å². The number of sulfonamides is 1. The number of hydrogen-bond acceptors (Lipinski definition) is 5. The summed E-state index contributed by atoms with van der Waals surface area (Å²) < 4.78 is 32.5. The second-order valence-corrected chi connectivity index (χ2v) is 9.45. The summed E-state index contributed by atoms with van der Waals surface area (Å²) in [5.41, 5.74) is 0.902. The molecular weight excluding hydrogens is 487 g/mol. The lowest BCUT2D eigenvalue weighted by atomic mass is 10.2. The molecule has 7 nitrogen and oxygen atoms in total. The molecule has 1 amide bonds. The molecule has 0 aromatic heterocycles. The first kappa shape index (κ1) is 24.6. The number of carbonyl (C=O) groups excluding carboxylic acids is 2. The Morgan fingerprint density at radius 2 is 1.61 bits per heavy atom. The number of rotatable bonds is 8. The highest BCUT2D eigenvalue weighted by molar-refractivity contribution is 7.92. The van der Waals surface area contributed by atoms with Crippen molar-refractivity contribution < 1.29 is 22.7 Å². The van der Waals surface area contributed by atoms with E-state index < -0.39 is 28.4 Å². The Morgan fingerprint density at radius 1 is 0.939 bits per heavy atom. The van der Waals surface area contributed by atoms with E-state index in [1.807, 2.05) is 0 Å². The van der Waals surface area contributed by atoms with Crippen LogP contribution in [-0.4, -0.2) is 33.4 Å². The summed E-state index contributed by atoms with van der Waals surface area (Å²) in [6.45, 7) is 1.43. The van der Waals surface area contributed by atoms with Gasteiger partial charge in [-0.05, 0) is 61.5 Å². The number of nitrogens with zero attached hydrogens (tertiary/aromatic N) is 1. The summed E-state index contributed by atoms with van der Waals surface area (Å²) >= 11 is 12.1. The zero-order chi connectivity index (χ0) is 24.0. The fourth-order valence-corrected chi connectivity index (χ4v) is 4.64. The van der Waals surface area contributed by atoms with Crippen molar-refractivity contribution in [2.45, 2.75) is 11.8 Å². The van der Waals surface area contributed by atoms with E-state index in [4.69, 9.17) is 27.9 Å². The highest BCUT2D eigenvalue weighted by atomic mass is 35.5. The molecule has 0 aliphatic rings. The lowest BCUT2D eigenvalue weighted by molar-refractivity contribution is -0.114. The van der Waals surface area contributed by atoms with Gasteiger partial charge in [0.15, 0.2) is 0 Å². The zero-order valence-corrected chi connectivity index (χ0v) is 19.8. The predicted molar refractivity (Wildman–Crippen MR) is 128 cm³/mol. The molecule has 1 N–H and O–H groups in total. The minimum Gasteiger partial charge on any atom is -0.462 e. The van der Waals surface area contributed by atoms with Gasteiger partial charge < -0.3 is 10.1 Å². The molecule has 0 spiro atoms. The van der Waals surface area contributed by atoms with Crippen molar-refractivity contribution in [1.82, 2.24) is 0 Å². The maximum absolute atomic E-state index is 13.3. The van der Waals surface area contributed by atoms with Crippen molar-refractivity contribution >= 4 is 56.5 Å². The van der Waals surface area contributed by atoms with Crippen LogP contribution in [0.4, 0.5) is 11.4 Å². The van der Waals surface area contributed by atoms with Crippen LogP contribution in [0.25, 0.3) is 0 Å². The van der Waals surface area contributed by atoms with Crippen molar-refractivity contribution in [1.29, 1.82) is 0 Å². The summed E-state index contributed by atoms with van der Waals surface area (Å²) in [5.74, 6) is -1.07. The second-order valence-electron chi connectivity index (χ2n) is 6.77. The van der Waals surface area contributed by atoms with Gasteiger partial charge in [0.05, 0.1) is 32.8 Å². The van der Waals surface area contributed by atoms with E-state index in [9.17, 15) is 18.0 Å². The maximum atomic E-state index is 13.3. The van der Waals surface area contributed by atoms with Crippen molar-refractivity contribution in [3.63, 3.8) is 0 Å². The van der Waals surface area contributed by atoms with Gasteiger partial charge >= 0.3 is 5.97 Å². The molecule has 0 aliphatic heterocycles. The smallest absolute Gasteiger partial charge is 0.338 e. The van der Waals surface area contributed by atoms with E-state index in [-0.39, 0.29) is 27.2 Å². The molecule has 0 atom stereocenters. The Morgan fingerprint density at radius 3 is 2.21 bits per heavy atom. The van der Waals surface area contributed by atoms with Crippen molar-refractivity contribution in [3.8, 4) is 0 Å². The Bertz CT molecular complexity index is 1250. The second kappa shape index (κ2) is 10.7. The quantitative estimate of drug-likeness (QED) is 0.433. The van der Waals surface area contributed by atoms with E-state index in [2.05, 4.69) is 5.32 Å². The largest absolute Gasteiger partial charge is 0.462 e. The van der Waals surface area contributed by atoms with Crippen LogP contribution in [0.2, 0.25) is 10.0 Å². The van der Waals surface area contributed by atoms with E-state index in [0.29, 0.717) is 11.3 Å².